The molecule has 0 saturated carbocycles. The number of aromatic nitrogens is 1. The van der Waals surface area contributed by atoms with Crippen molar-refractivity contribution >= 4 is 16.9 Å². The predicted octanol–water partition coefficient (Wildman–Crippen LogP) is 2.26. The van der Waals surface area contributed by atoms with Gasteiger partial charge in [-0.3, -0.25) is 14.7 Å². The molecular formula is C23H25N3O4. The van der Waals surface area contributed by atoms with Gasteiger partial charge in [-0.1, -0.05) is 0 Å². The molecule has 1 aliphatic rings. The minimum atomic E-state index is -0.393. The minimum absolute atomic E-state index is 0.0292. The van der Waals surface area contributed by atoms with E-state index in [2.05, 4.69) is 9.88 Å². The number of amides is 1. The molecule has 0 bridgehead atoms. The summed E-state index contributed by atoms with van der Waals surface area (Å²) in [6, 6.07) is 10.8. The summed E-state index contributed by atoms with van der Waals surface area (Å²) in [7, 11) is 0. The Hall–Kier alpha value is -3.19. The zero-order chi connectivity index (χ0) is 20.9. The van der Waals surface area contributed by atoms with Crippen LogP contribution in [0.4, 0.5) is 0 Å². The lowest BCUT2D eigenvalue weighted by Gasteiger charge is -2.34. The van der Waals surface area contributed by atoms with E-state index < -0.39 is 5.63 Å². The molecular weight excluding hydrogens is 382 g/mol. The monoisotopic (exact) mass is 407 g/mol. The van der Waals surface area contributed by atoms with E-state index in [0.29, 0.717) is 24.4 Å². The highest BCUT2D eigenvalue weighted by molar-refractivity contribution is 5.81. The maximum absolute atomic E-state index is 12.5. The van der Waals surface area contributed by atoms with E-state index in [-0.39, 0.29) is 12.5 Å². The average Bonchev–Trinajstić information content (AvgIpc) is 2.76. The van der Waals surface area contributed by atoms with E-state index in [1.165, 1.54) is 11.6 Å². The lowest BCUT2D eigenvalue weighted by atomic mass is 10.1. The van der Waals surface area contributed by atoms with Crippen molar-refractivity contribution in [1.29, 1.82) is 0 Å². The molecule has 0 N–H and O–H groups in total. The summed E-state index contributed by atoms with van der Waals surface area (Å²) >= 11 is 0. The Morgan fingerprint density at radius 1 is 1.10 bits per heavy atom. The van der Waals surface area contributed by atoms with Crippen LogP contribution in [0.25, 0.3) is 11.0 Å². The Bertz CT molecular complexity index is 1070. The normalized spacial score (nSPS) is 14.8. The summed E-state index contributed by atoms with van der Waals surface area (Å²) in [6.07, 6.45) is 4.61. The molecule has 0 atom stereocenters. The quantitative estimate of drug-likeness (QED) is 0.584. The average molecular weight is 407 g/mol. The van der Waals surface area contributed by atoms with Crippen LogP contribution in [0, 0.1) is 6.92 Å². The van der Waals surface area contributed by atoms with Gasteiger partial charge >= 0.3 is 5.63 Å². The molecule has 0 unspecified atom stereocenters. The highest BCUT2D eigenvalue weighted by atomic mass is 16.5. The number of carbonyl (C=O) groups excluding carboxylic acids is 1. The third-order valence-corrected chi connectivity index (χ3v) is 5.48. The molecule has 1 saturated heterocycles. The molecule has 156 valence electrons. The molecule has 7 heteroatoms. The first-order valence-corrected chi connectivity index (χ1v) is 10.1. The lowest BCUT2D eigenvalue weighted by molar-refractivity contribution is -0.135. The second-order valence-corrected chi connectivity index (χ2v) is 7.52. The van der Waals surface area contributed by atoms with Crippen LogP contribution in [0.3, 0.4) is 0 Å². The van der Waals surface area contributed by atoms with Crippen LogP contribution >= 0.6 is 0 Å². The molecule has 1 aromatic carbocycles. The van der Waals surface area contributed by atoms with Gasteiger partial charge in [0, 0.05) is 62.6 Å². The molecule has 2 aromatic heterocycles. The molecule has 0 spiro atoms. The number of carbonyl (C=O) groups is 1. The summed E-state index contributed by atoms with van der Waals surface area (Å²) in [6.45, 7) is 5.92. The summed E-state index contributed by atoms with van der Waals surface area (Å²) in [5, 5.41) is 0.858. The maximum Gasteiger partial charge on any atom is 0.336 e. The summed E-state index contributed by atoms with van der Waals surface area (Å²) < 4.78 is 10.9. The van der Waals surface area contributed by atoms with Crippen molar-refractivity contribution in [3.8, 4) is 5.75 Å². The smallest absolute Gasteiger partial charge is 0.336 e. The maximum atomic E-state index is 12.5. The predicted molar refractivity (Wildman–Crippen MR) is 114 cm³/mol. The van der Waals surface area contributed by atoms with Gasteiger partial charge in [-0.25, -0.2) is 4.79 Å². The summed E-state index contributed by atoms with van der Waals surface area (Å²) in [5.41, 5.74) is 2.20. The third kappa shape index (κ3) is 4.86. The van der Waals surface area contributed by atoms with Gasteiger partial charge in [0.25, 0.3) is 5.91 Å². The van der Waals surface area contributed by atoms with Crippen LogP contribution in [-0.2, 0) is 11.2 Å². The van der Waals surface area contributed by atoms with Crippen molar-refractivity contribution in [2.75, 3.05) is 39.3 Å². The van der Waals surface area contributed by atoms with Crippen LogP contribution in [0.2, 0.25) is 0 Å². The fraction of sp³-hybridized carbons (Fsp3) is 0.348. The van der Waals surface area contributed by atoms with Gasteiger partial charge in [0.2, 0.25) is 0 Å². The van der Waals surface area contributed by atoms with E-state index in [1.807, 2.05) is 42.4 Å². The first-order valence-electron chi connectivity index (χ1n) is 10.1. The standard InChI is InChI=1S/C23H25N3O4/c1-17-14-23(28)30-21-15-19(2-3-20(17)21)29-16-22(27)26-12-10-25(11-13-26)9-6-18-4-7-24-8-5-18/h2-5,7-8,14-15H,6,9-13,16H2,1H3. The van der Waals surface area contributed by atoms with Crippen molar-refractivity contribution in [2.45, 2.75) is 13.3 Å². The van der Waals surface area contributed by atoms with Crippen molar-refractivity contribution in [2.24, 2.45) is 0 Å². The molecule has 7 nitrogen and oxygen atoms in total. The number of fused-ring (bicyclic) bond motifs is 1. The molecule has 3 heterocycles. The highest BCUT2D eigenvalue weighted by Crippen LogP contribution is 2.22. The molecule has 0 aliphatic carbocycles. The van der Waals surface area contributed by atoms with E-state index in [4.69, 9.17) is 9.15 Å². The van der Waals surface area contributed by atoms with Crippen molar-refractivity contribution in [3.63, 3.8) is 0 Å². The number of pyridine rings is 1. The Kier molecular flexibility index (Phi) is 6.09. The van der Waals surface area contributed by atoms with Gasteiger partial charge in [-0.15, -0.1) is 0 Å². The molecule has 30 heavy (non-hydrogen) atoms. The van der Waals surface area contributed by atoms with Crippen molar-refractivity contribution in [3.05, 3.63) is 70.3 Å². The van der Waals surface area contributed by atoms with Crippen LogP contribution in [-0.4, -0.2) is 60.0 Å². The highest BCUT2D eigenvalue weighted by Gasteiger charge is 2.21. The van der Waals surface area contributed by atoms with Gasteiger partial charge < -0.3 is 14.1 Å². The Labute approximate surface area is 174 Å². The van der Waals surface area contributed by atoms with Gasteiger partial charge in [-0.2, -0.15) is 0 Å². The second kappa shape index (κ2) is 9.09. The molecule has 1 fully saturated rings. The van der Waals surface area contributed by atoms with Crippen LogP contribution in [0.15, 0.2) is 58.0 Å². The number of ether oxygens (including phenoxy) is 1. The number of rotatable bonds is 6. The first-order chi connectivity index (χ1) is 14.6. The SMILES string of the molecule is Cc1cc(=O)oc2cc(OCC(=O)N3CCN(CCc4ccncc4)CC3)ccc12. The number of hydrogen-bond acceptors (Lipinski definition) is 6. The number of aryl methyl sites for hydroxylation is 1. The molecule has 1 amide bonds. The minimum Gasteiger partial charge on any atom is -0.484 e. The summed E-state index contributed by atoms with van der Waals surface area (Å²) in [5.74, 6) is 0.482. The molecule has 3 aromatic rings. The number of piperazine rings is 1. The van der Waals surface area contributed by atoms with Gasteiger partial charge in [0.1, 0.15) is 11.3 Å². The van der Waals surface area contributed by atoms with Crippen molar-refractivity contribution in [1.82, 2.24) is 14.8 Å². The largest absolute Gasteiger partial charge is 0.484 e. The first kappa shape index (κ1) is 20.1. The van der Waals surface area contributed by atoms with E-state index in [1.54, 1.807) is 12.1 Å². The van der Waals surface area contributed by atoms with Gasteiger partial charge in [0.05, 0.1) is 0 Å². The van der Waals surface area contributed by atoms with Crippen LogP contribution < -0.4 is 10.4 Å². The fourth-order valence-electron chi connectivity index (χ4n) is 3.69. The number of nitrogens with zero attached hydrogens (tertiary/aromatic N) is 3. The fourth-order valence-corrected chi connectivity index (χ4v) is 3.69. The van der Waals surface area contributed by atoms with Gasteiger partial charge in [-0.05, 0) is 48.7 Å². The Morgan fingerprint density at radius 2 is 1.87 bits per heavy atom. The van der Waals surface area contributed by atoms with E-state index in [9.17, 15) is 9.59 Å². The summed E-state index contributed by atoms with van der Waals surface area (Å²) in [4.78, 5) is 32.4. The van der Waals surface area contributed by atoms with E-state index in [0.717, 1.165) is 37.0 Å². The topological polar surface area (TPSA) is 75.9 Å². The van der Waals surface area contributed by atoms with Crippen LogP contribution in [0.1, 0.15) is 11.1 Å². The molecule has 4 rings (SSSR count). The van der Waals surface area contributed by atoms with E-state index >= 15 is 0 Å². The van der Waals surface area contributed by atoms with Crippen molar-refractivity contribution < 1.29 is 13.9 Å². The number of benzene rings is 1. The van der Waals surface area contributed by atoms with Crippen LogP contribution in [0.5, 0.6) is 5.75 Å². The zero-order valence-electron chi connectivity index (χ0n) is 17.0. The second-order valence-electron chi connectivity index (χ2n) is 7.52. The zero-order valence-corrected chi connectivity index (χ0v) is 17.0. The Morgan fingerprint density at radius 3 is 2.63 bits per heavy atom. The lowest BCUT2D eigenvalue weighted by Crippen LogP contribution is -2.50. The van der Waals surface area contributed by atoms with Gasteiger partial charge in [0.15, 0.2) is 6.61 Å². The molecule has 0 radical (unpaired) electrons. The molecule has 1 aliphatic heterocycles. The number of hydrogen-bond donors (Lipinski definition) is 0. The third-order valence-electron chi connectivity index (χ3n) is 5.48. The Balaban J connectivity index is 1.26.